The van der Waals surface area contributed by atoms with E-state index in [-0.39, 0.29) is 17.5 Å². The molecule has 1 aliphatic heterocycles. The summed E-state index contributed by atoms with van der Waals surface area (Å²) in [6.45, 7) is 9.21. The first-order valence-corrected chi connectivity index (χ1v) is 9.25. The Balaban J connectivity index is 1.50. The van der Waals surface area contributed by atoms with Crippen LogP contribution in [-0.2, 0) is 18.5 Å². The lowest BCUT2D eigenvalue weighted by molar-refractivity contribution is 0.0921. The number of hydrogen-bond acceptors (Lipinski definition) is 3. The highest BCUT2D eigenvalue weighted by atomic mass is 16.2. The second kappa shape index (κ2) is 5.71. The monoisotopic (exact) mass is 341 g/mol. The molecule has 1 unspecified atom stereocenters. The van der Waals surface area contributed by atoms with Crippen LogP contribution in [0.2, 0.25) is 0 Å². The molecule has 1 saturated carbocycles. The molecule has 0 bridgehead atoms. The Labute approximate surface area is 148 Å². The zero-order valence-electron chi connectivity index (χ0n) is 15.5. The van der Waals surface area contributed by atoms with Crippen LogP contribution in [-0.4, -0.2) is 31.3 Å². The van der Waals surface area contributed by atoms with Gasteiger partial charge in [0.1, 0.15) is 11.5 Å². The molecule has 1 aliphatic carbocycles. The van der Waals surface area contributed by atoms with E-state index in [0.717, 1.165) is 30.9 Å². The standard InChI is InChI=1S/C19H27N5O/c1-12-10-23-11-14(7-8-17(23)20-12)21-18(25)15-9-16(13-5-6-13)24(22-15)19(2,3)4/h9-10,13-14H,5-8,11H2,1-4H3,(H,21,25). The summed E-state index contributed by atoms with van der Waals surface area (Å²) in [7, 11) is 0. The van der Waals surface area contributed by atoms with Crippen LogP contribution >= 0.6 is 0 Å². The number of carbonyl (C=O) groups excluding carboxylic acids is 1. The highest BCUT2D eigenvalue weighted by molar-refractivity contribution is 5.92. The maximum Gasteiger partial charge on any atom is 0.272 e. The summed E-state index contributed by atoms with van der Waals surface area (Å²) in [6.07, 6.45) is 6.30. The molecule has 25 heavy (non-hydrogen) atoms. The van der Waals surface area contributed by atoms with Crippen molar-refractivity contribution in [3.8, 4) is 0 Å². The van der Waals surface area contributed by atoms with Crippen molar-refractivity contribution in [3.63, 3.8) is 0 Å². The number of carbonyl (C=O) groups is 1. The van der Waals surface area contributed by atoms with E-state index in [1.807, 2.05) is 17.7 Å². The second-order valence-electron chi connectivity index (χ2n) is 8.47. The molecule has 1 atom stereocenters. The predicted molar refractivity (Wildman–Crippen MR) is 95.7 cm³/mol. The van der Waals surface area contributed by atoms with Crippen molar-refractivity contribution in [3.05, 3.63) is 35.2 Å². The van der Waals surface area contributed by atoms with Crippen LogP contribution in [0, 0.1) is 6.92 Å². The molecule has 2 aliphatic rings. The highest BCUT2D eigenvalue weighted by Gasteiger charge is 2.33. The summed E-state index contributed by atoms with van der Waals surface area (Å²) in [6, 6.07) is 2.13. The quantitative estimate of drug-likeness (QED) is 0.933. The Bertz CT molecular complexity index is 806. The first-order chi connectivity index (χ1) is 11.8. The third kappa shape index (κ3) is 3.22. The molecule has 0 aromatic carbocycles. The van der Waals surface area contributed by atoms with E-state index in [4.69, 9.17) is 0 Å². The average Bonchev–Trinajstić information content (AvgIpc) is 3.14. The summed E-state index contributed by atoms with van der Waals surface area (Å²) in [5.41, 5.74) is 2.68. The summed E-state index contributed by atoms with van der Waals surface area (Å²) in [5, 5.41) is 7.82. The van der Waals surface area contributed by atoms with Gasteiger partial charge in [-0.15, -0.1) is 0 Å². The zero-order chi connectivity index (χ0) is 17.8. The van der Waals surface area contributed by atoms with E-state index in [2.05, 4.69) is 46.9 Å². The van der Waals surface area contributed by atoms with E-state index < -0.39 is 0 Å². The smallest absolute Gasteiger partial charge is 0.272 e. The van der Waals surface area contributed by atoms with Gasteiger partial charge >= 0.3 is 0 Å². The van der Waals surface area contributed by atoms with Gasteiger partial charge in [0.15, 0.2) is 0 Å². The topological polar surface area (TPSA) is 64.7 Å². The first-order valence-electron chi connectivity index (χ1n) is 9.25. The third-order valence-corrected chi connectivity index (χ3v) is 5.05. The van der Waals surface area contributed by atoms with Crippen molar-refractivity contribution < 1.29 is 4.79 Å². The molecule has 1 N–H and O–H groups in total. The number of aromatic nitrogens is 4. The fraction of sp³-hybridized carbons (Fsp3) is 0.632. The van der Waals surface area contributed by atoms with Gasteiger partial charge in [-0.25, -0.2) is 4.98 Å². The molecule has 2 aromatic rings. The normalized spacial score (nSPS) is 20.4. The molecule has 1 fully saturated rings. The number of imidazole rings is 1. The Morgan fingerprint density at radius 3 is 2.72 bits per heavy atom. The fourth-order valence-electron chi connectivity index (χ4n) is 3.68. The van der Waals surface area contributed by atoms with Crippen LogP contribution in [0.25, 0.3) is 0 Å². The Kier molecular flexibility index (Phi) is 3.74. The van der Waals surface area contributed by atoms with Gasteiger partial charge in [0.2, 0.25) is 0 Å². The van der Waals surface area contributed by atoms with E-state index in [9.17, 15) is 4.79 Å². The largest absolute Gasteiger partial charge is 0.346 e. The van der Waals surface area contributed by atoms with E-state index in [0.29, 0.717) is 11.6 Å². The highest BCUT2D eigenvalue weighted by Crippen LogP contribution is 2.41. The van der Waals surface area contributed by atoms with E-state index in [1.54, 1.807) is 0 Å². The molecule has 1 amide bonds. The number of aryl methyl sites for hydroxylation is 2. The summed E-state index contributed by atoms with van der Waals surface area (Å²) in [4.78, 5) is 17.3. The molecule has 6 nitrogen and oxygen atoms in total. The minimum absolute atomic E-state index is 0.0600. The number of nitrogens with zero attached hydrogens (tertiary/aromatic N) is 4. The van der Waals surface area contributed by atoms with Crippen LogP contribution < -0.4 is 5.32 Å². The van der Waals surface area contributed by atoms with Gasteiger partial charge in [-0.05, 0) is 53.0 Å². The van der Waals surface area contributed by atoms with Crippen molar-refractivity contribution in [2.45, 2.75) is 77.4 Å². The molecule has 0 saturated heterocycles. The Hall–Kier alpha value is -2.11. The molecule has 134 valence electrons. The molecule has 0 radical (unpaired) electrons. The van der Waals surface area contributed by atoms with Crippen LogP contribution in [0.1, 0.15) is 73.7 Å². The number of hydrogen-bond donors (Lipinski definition) is 1. The zero-order valence-corrected chi connectivity index (χ0v) is 15.5. The number of rotatable bonds is 3. The van der Waals surface area contributed by atoms with Crippen LogP contribution in [0.4, 0.5) is 0 Å². The van der Waals surface area contributed by atoms with Crippen molar-refractivity contribution >= 4 is 5.91 Å². The minimum atomic E-state index is -0.107. The molecular formula is C19H27N5O. The third-order valence-electron chi connectivity index (χ3n) is 5.05. The molecular weight excluding hydrogens is 314 g/mol. The number of amides is 1. The van der Waals surface area contributed by atoms with Crippen molar-refractivity contribution in [2.75, 3.05) is 0 Å². The van der Waals surface area contributed by atoms with Gasteiger partial charge in [0.25, 0.3) is 5.91 Å². The van der Waals surface area contributed by atoms with E-state index in [1.165, 1.54) is 18.5 Å². The first kappa shape index (κ1) is 16.4. The summed E-state index contributed by atoms with van der Waals surface area (Å²) in [5.74, 6) is 1.63. The van der Waals surface area contributed by atoms with Crippen LogP contribution in [0.15, 0.2) is 12.3 Å². The Morgan fingerprint density at radius 1 is 1.28 bits per heavy atom. The van der Waals surface area contributed by atoms with Crippen molar-refractivity contribution in [2.24, 2.45) is 0 Å². The lowest BCUT2D eigenvalue weighted by Gasteiger charge is -2.24. The number of nitrogens with one attached hydrogen (secondary N) is 1. The Morgan fingerprint density at radius 2 is 2.04 bits per heavy atom. The number of fused-ring (bicyclic) bond motifs is 1. The SMILES string of the molecule is Cc1cn2c(n1)CCC(NC(=O)c1cc(C3CC3)n(C(C)(C)C)n1)C2. The molecule has 6 heteroatoms. The predicted octanol–water partition coefficient (Wildman–Crippen LogP) is 2.77. The molecule has 4 rings (SSSR count). The van der Waals surface area contributed by atoms with Gasteiger partial charge in [-0.1, -0.05) is 0 Å². The van der Waals surface area contributed by atoms with Crippen molar-refractivity contribution in [1.82, 2.24) is 24.6 Å². The minimum Gasteiger partial charge on any atom is -0.346 e. The van der Waals surface area contributed by atoms with Gasteiger partial charge in [-0.2, -0.15) is 5.10 Å². The van der Waals surface area contributed by atoms with Gasteiger partial charge < -0.3 is 9.88 Å². The van der Waals surface area contributed by atoms with Gasteiger partial charge in [0, 0.05) is 36.8 Å². The summed E-state index contributed by atoms with van der Waals surface area (Å²) >= 11 is 0. The van der Waals surface area contributed by atoms with Gasteiger partial charge in [-0.3, -0.25) is 9.48 Å². The van der Waals surface area contributed by atoms with Crippen molar-refractivity contribution in [1.29, 1.82) is 0 Å². The lowest BCUT2D eigenvalue weighted by atomic mass is 10.1. The summed E-state index contributed by atoms with van der Waals surface area (Å²) < 4.78 is 4.20. The van der Waals surface area contributed by atoms with Crippen LogP contribution in [0.5, 0.6) is 0 Å². The fourth-order valence-corrected chi connectivity index (χ4v) is 3.68. The lowest BCUT2D eigenvalue weighted by Crippen LogP contribution is -2.41. The van der Waals surface area contributed by atoms with Crippen LogP contribution in [0.3, 0.4) is 0 Å². The van der Waals surface area contributed by atoms with E-state index >= 15 is 0 Å². The maximum atomic E-state index is 12.8. The molecule has 2 aromatic heterocycles. The second-order valence-corrected chi connectivity index (χ2v) is 8.47. The van der Waals surface area contributed by atoms with Gasteiger partial charge in [0.05, 0.1) is 11.2 Å². The molecule has 3 heterocycles. The molecule has 0 spiro atoms. The maximum absolute atomic E-state index is 12.8. The average molecular weight is 341 g/mol.